The van der Waals surface area contributed by atoms with Crippen LogP contribution in [0.2, 0.25) is 0 Å². The van der Waals surface area contributed by atoms with Crippen molar-refractivity contribution < 1.29 is 9.13 Å². The fourth-order valence-electron chi connectivity index (χ4n) is 2.54. The van der Waals surface area contributed by atoms with Crippen molar-refractivity contribution in [1.29, 1.82) is 0 Å². The molecule has 0 heterocycles. The van der Waals surface area contributed by atoms with Crippen LogP contribution in [0.1, 0.15) is 46.6 Å². The number of hydrogen-bond acceptors (Lipinski definition) is 2. The first-order chi connectivity index (χ1) is 9.73. The first kappa shape index (κ1) is 18.0. The molecule has 1 aromatic rings. The van der Waals surface area contributed by atoms with Crippen LogP contribution in [0.3, 0.4) is 0 Å². The number of nitrogens with one attached hydrogen (secondary N) is 1. The standard InChI is InChI=1S/C18H30FNO/c1-13(2)10-14(12-20-18(3,4)5)11-15-8-7-9-16(21-6)17(15)19/h7-9,13-14,20H,10-12H2,1-6H3. The zero-order valence-electron chi connectivity index (χ0n) is 14.3. The van der Waals surface area contributed by atoms with E-state index in [1.165, 1.54) is 7.11 Å². The smallest absolute Gasteiger partial charge is 0.168 e. The van der Waals surface area contributed by atoms with Crippen molar-refractivity contribution in [2.75, 3.05) is 13.7 Å². The molecule has 1 unspecified atom stereocenters. The topological polar surface area (TPSA) is 21.3 Å². The Balaban J connectivity index is 2.80. The fraction of sp³-hybridized carbons (Fsp3) is 0.667. The zero-order chi connectivity index (χ0) is 16.0. The lowest BCUT2D eigenvalue weighted by Crippen LogP contribution is -2.40. The third kappa shape index (κ3) is 6.47. The average Bonchev–Trinajstić information content (AvgIpc) is 2.37. The molecule has 21 heavy (non-hydrogen) atoms. The molecule has 0 aliphatic heterocycles. The van der Waals surface area contributed by atoms with Crippen LogP contribution in [0.25, 0.3) is 0 Å². The van der Waals surface area contributed by atoms with Gasteiger partial charge in [-0.1, -0.05) is 26.0 Å². The molecule has 0 bridgehead atoms. The Labute approximate surface area is 129 Å². The van der Waals surface area contributed by atoms with Gasteiger partial charge in [0.05, 0.1) is 7.11 Å². The molecule has 0 fully saturated rings. The van der Waals surface area contributed by atoms with Gasteiger partial charge in [-0.15, -0.1) is 0 Å². The van der Waals surface area contributed by atoms with E-state index in [4.69, 9.17) is 4.74 Å². The molecule has 1 aromatic carbocycles. The Morgan fingerprint density at radius 1 is 1.24 bits per heavy atom. The van der Waals surface area contributed by atoms with Crippen molar-refractivity contribution in [2.24, 2.45) is 11.8 Å². The lowest BCUT2D eigenvalue weighted by atomic mass is 9.90. The van der Waals surface area contributed by atoms with Crippen molar-refractivity contribution in [3.8, 4) is 5.75 Å². The minimum absolute atomic E-state index is 0.0855. The third-order valence-corrected chi connectivity index (χ3v) is 3.50. The monoisotopic (exact) mass is 295 g/mol. The highest BCUT2D eigenvalue weighted by molar-refractivity contribution is 5.31. The number of methoxy groups -OCH3 is 1. The Morgan fingerprint density at radius 2 is 1.90 bits per heavy atom. The highest BCUT2D eigenvalue weighted by Gasteiger charge is 2.18. The second-order valence-electron chi connectivity index (χ2n) is 7.26. The maximum Gasteiger partial charge on any atom is 0.168 e. The van der Waals surface area contributed by atoms with Crippen LogP contribution in [0.15, 0.2) is 18.2 Å². The highest BCUT2D eigenvalue weighted by atomic mass is 19.1. The van der Waals surface area contributed by atoms with Crippen molar-refractivity contribution in [3.05, 3.63) is 29.6 Å². The van der Waals surface area contributed by atoms with Gasteiger partial charge in [0.25, 0.3) is 0 Å². The second-order valence-corrected chi connectivity index (χ2v) is 7.26. The number of hydrogen-bond donors (Lipinski definition) is 1. The Hall–Kier alpha value is -1.09. The number of benzene rings is 1. The van der Waals surface area contributed by atoms with Gasteiger partial charge in [-0.05, 0) is 63.6 Å². The zero-order valence-corrected chi connectivity index (χ0v) is 14.3. The van der Waals surface area contributed by atoms with E-state index in [2.05, 4.69) is 39.9 Å². The van der Waals surface area contributed by atoms with E-state index in [-0.39, 0.29) is 11.4 Å². The summed E-state index contributed by atoms with van der Waals surface area (Å²) in [6, 6.07) is 5.40. The summed E-state index contributed by atoms with van der Waals surface area (Å²) >= 11 is 0. The van der Waals surface area contributed by atoms with Crippen LogP contribution in [0.4, 0.5) is 4.39 Å². The second kappa shape index (κ2) is 7.79. The molecule has 0 saturated heterocycles. The van der Waals surface area contributed by atoms with Gasteiger partial charge in [0.2, 0.25) is 0 Å². The summed E-state index contributed by atoms with van der Waals surface area (Å²) in [4.78, 5) is 0. The van der Waals surface area contributed by atoms with Crippen LogP contribution in [-0.4, -0.2) is 19.2 Å². The number of rotatable bonds is 7. The van der Waals surface area contributed by atoms with Crippen LogP contribution in [0, 0.1) is 17.7 Å². The molecule has 3 heteroatoms. The molecule has 0 amide bonds. The van der Waals surface area contributed by atoms with Gasteiger partial charge in [0.1, 0.15) is 0 Å². The number of ether oxygens (including phenoxy) is 1. The summed E-state index contributed by atoms with van der Waals surface area (Å²) in [7, 11) is 1.51. The SMILES string of the molecule is COc1cccc(CC(CNC(C)(C)C)CC(C)C)c1F. The maximum absolute atomic E-state index is 14.3. The lowest BCUT2D eigenvalue weighted by Gasteiger charge is -2.26. The molecule has 120 valence electrons. The molecule has 1 N–H and O–H groups in total. The quantitative estimate of drug-likeness (QED) is 0.803. The highest BCUT2D eigenvalue weighted by Crippen LogP contribution is 2.24. The lowest BCUT2D eigenvalue weighted by molar-refractivity contribution is 0.327. The van der Waals surface area contributed by atoms with E-state index in [0.717, 1.165) is 24.9 Å². The van der Waals surface area contributed by atoms with E-state index < -0.39 is 0 Å². The summed E-state index contributed by atoms with van der Waals surface area (Å²) in [5.74, 6) is 1.14. The van der Waals surface area contributed by atoms with Crippen molar-refractivity contribution in [1.82, 2.24) is 5.32 Å². The van der Waals surface area contributed by atoms with E-state index >= 15 is 0 Å². The van der Waals surface area contributed by atoms with E-state index in [1.807, 2.05) is 12.1 Å². The molecule has 0 aliphatic carbocycles. The van der Waals surface area contributed by atoms with Crippen LogP contribution in [-0.2, 0) is 6.42 Å². The van der Waals surface area contributed by atoms with Gasteiger partial charge in [-0.3, -0.25) is 0 Å². The largest absolute Gasteiger partial charge is 0.494 e. The molecule has 1 rings (SSSR count). The Morgan fingerprint density at radius 3 is 2.43 bits per heavy atom. The molecule has 0 saturated carbocycles. The number of halogens is 1. The molecule has 0 aromatic heterocycles. The van der Waals surface area contributed by atoms with Gasteiger partial charge in [-0.2, -0.15) is 0 Å². The average molecular weight is 295 g/mol. The molecular weight excluding hydrogens is 265 g/mol. The predicted molar refractivity (Wildman–Crippen MR) is 87.4 cm³/mol. The van der Waals surface area contributed by atoms with Gasteiger partial charge >= 0.3 is 0 Å². The van der Waals surface area contributed by atoms with Crippen LogP contribution >= 0.6 is 0 Å². The summed E-state index contributed by atoms with van der Waals surface area (Å²) < 4.78 is 19.4. The molecule has 0 radical (unpaired) electrons. The Kier molecular flexibility index (Phi) is 6.66. The molecule has 2 nitrogen and oxygen atoms in total. The van der Waals surface area contributed by atoms with Gasteiger partial charge in [0, 0.05) is 5.54 Å². The van der Waals surface area contributed by atoms with Crippen molar-refractivity contribution >= 4 is 0 Å². The summed E-state index contributed by atoms with van der Waals surface area (Å²) in [6.07, 6.45) is 1.82. The first-order valence-corrected chi connectivity index (χ1v) is 7.79. The maximum atomic E-state index is 14.3. The van der Waals surface area contributed by atoms with Gasteiger partial charge < -0.3 is 10.1 Å². The van der Waals surface area contributed by atoms with Crippen molar-refractivity contribution in [3.63, 3.8) is 0 Å². The van der Waals surface area contributed by atoms with E-state index in [1.54, 1.807) is 6.07 Å². The minimum atomic E-state index is -0.218. The third-order valence-electron chi connectivity index (χ3n) is 3.50. The first-order valence-electron chi connectivity index (χ1n) is 7.79. The van der Waals surface area contributed by atoms with Crippen LogP contribution < -0.4 is 10.1 Å². The van der Waals surface area contributed by atoms with Gasteiger partial charge in [-0.25, -0.2) is 4.39 Å². The molecule has 0 aliphatic rings. The van der Waals surface area contributed by atoms with E-state index in [0.29, 0.717) is 17.6 Å². The molecule has 0 spiro atoms. The molecule has 1 atom stereocenters. The molecular formula is C18H30FNO. The van der Waals surface area contributed by atoms with Crippen molar-refractivity contribution in [2.45, 2.75) is 53.0 Å². The summed E-state index contributed by atoms with van der Waals surface area (Å²) in [5.41, 5.74) is 0.831. The normalized spacial score (nSPS) is 13.5. The van der Waals surface area contributed by atoms with Gasteiger partial charge in [0.15, 0.2) is 11.6 Å². The minimum Gasteiger partial charge on any atom is -0.494 e. The predicted octanol–water partition coefficient (Wildman–Crippen LogP) is 4.43. The fourth-order valence-corrected chi connectivity index (χ4v) is 2.54. The summed E-state index contributed by atoms with van der Waals surface area (Å²) in [6.45, 7) is 11.8. The van der Waals surface area contributed by atoms with E-state index in [9.17, 15) is 4.39 Å². The summed E-state index contributed by atoms with van der Waals surface area (Å²) in [5, 5.41) is 3.54. The van der Waals surface area contributed by atoms with Crippen LogP contribution in [0.5, 0.6) is 5.75 Å². The Bertz CT molecular complexity index is 437.